The molecule has 0 aliphatic rings. The maximum Gasteiger partial charge on any atom is 0.510 e. The second kappa shape index (κ2) is 12.7. The summed E-state index contributed by atoms with van der Waals surface area (Å²) in [7, 11) is -4.72. The van der Waals surface area contributed by atoms with Crippen LogP contribution in [0.3, 0.4) is 0 Å². The summed E-state index contributed by atoms with van der Waals surface area (Å²) in [5.74, 6) is -0.796. The molecule has 2 atom stereocenters. The van der Waals surface area contributed by atoms with Gasteiger partial charge in [-0.15, -0.1) is 11.3 Å². The van der Waals surface area contributed by atoms with E-state index in [1.54, 1.807) is 43.5 Å². The zero-order chi connectivity index (χ0) is 26.5. The van der Waals surface area contributed by atoms with Crippen molar-refractivity contribution in [2.75, 3.05) is 6.79 Å². The quantitative estimate of drug-likeness (QED) is 0.136. The molecule has 13 heteroatoms. The summed E-state index contributed by atoms with van der Waals surface area (Å²) in [5, 5.41) is 5.07. The number of fused-ring (bicyclic) bond motifs is 1. The number of halogens is 3. The van der Waals surface area contributed by atoms with Gasteiger partial charge in [-0.25, -0.2) is 4.79 Å². The Morgan fingerprint density at radius 1 is 1.19 bits per heavy atom. The monoisotopic (exact) mass is 679 g/mol. The van der Waals surface area contributed by atoms with Gasteiger partial charge in [0, 0.05) is 24.9 Å². The Morgan fingerprint density at radius 2 is 1.89 bits per heavy atom. The normalized spacial score (nSPS) is 14.1. The standard InChI is InChI=1S/C23H21Br2ClNO7PS/c1-13(2)34-23(29)32-12-33-35(30,31)21(19-11-36-20-4-3-17(26)10-18(19)20)22(28)27-6-5-14-7-15(24)9-16(25)8-14/h3-11,13,21H,12H2,1-2H3,(H,27,28)(H,30,31)/b6-5+. The van der Waals surface area contributed by atoms with Gasteiger partial charge in [-0.05, 0) is 78.2 Å². The Kier molecular flexibility index (Phi) is 10.2. The van der Waals surface area contributed by atoms with Crippen molar-refractivity contribution in [1.82, 2.24) is 5.32 Å². The topological polar surface area (TPSA) is 111 Å². The molecule has 1 heterocycles. The molecule has 8 nitrogen and oxygen atoms in total. The Labute approximate surface area is 233 Å². The Morgan fingerprint density at radius 3 is 2.56 bits per heavy atom. The highest BCUT2D eigenvalue weighted by atomic mass is 79.9. The number of carbonyl (C=O) groups is 2. The van der Waals surface area contributed by atoms with Gasteiger partial charge in [0.25, 0.3) is 0 Å². The van der Waals surface area contributed by atoms with Crippen LogP contribution in [0.1, 0.15) is 30.6 Å². The highest BCUT2D eigenvalue weighted by Gasteiger charge is 2.41. The molecule has 2 unspecified atom stereocenters. The minimum absolute atomic E-state index is 0.254. The smallest absolute Gasteiger partial charge is 0.432 e. The molecule has 0 fully saturated rings. The molecule has 0 aliphatic heterocycles. The molecule has 3 aromatic rings. The molecule has 0 saturated heterocycles. The van der Waals surface area contributed by atoms with E-state index in [4.69, 9.17) is 25.6 Å². The molecule has 3 rings (SSSR count). The van der Waals surface area contributed by atoms with Crippen LogP contribution in [0, 0.1) is 0 Å². The summed E-state index contributed by atoms with van der Waals surface area (Å²) in [6, 6.07) is 10.5. The second-order valence-electron chi connectivity index (χ2n) is 7.65. The molecular weight excluding hydrogens is 661 g/mol. The van der Waals surface area contributed by atoms with Crippen LogP contribution in [0.5, 0.6) is 0 Å². The fourth-order valence-corrected chi connectivity index (χ4v) is 6.98. The van der Waals surface area contributed by atoms with Crippen molar-refractivity contribution in [1.29, 1.82) is 0 Å². The number of rotatable bonds is 9. The maximum atomic E-state index is 13.3. The van der Waals surface area contributed by atoms with Crippen LogP contribution < -0.4 is 5.32 Å². The first-order chi connectivity index (χ1) is 17.0. The summed E-state index contributed by atoms with van der Waals surface area (Å²) in [4.78, 5) is 35.6. The van der Waals surface area contributed by atoms with E-state index in [1.165, 1.54) is 17.5 Å². The third-order valence-corrected chi connectivity index (χ3v) is 8.34. The van der Waals surface area contributed by atoms with E-state index >= 15 is 0 Å². The van der Waals surface area contributed by atoms with Gasteiger partial charge in [0.05, 0.1) is 6.10 Å². The molecule has 0 saturated carbocycles. The number of thiophene rings is 1. The number of carbonyl (C=O) groups excluding carboxylic acids is 2. The summed E-state index contributed by atoms with van der Waals surface area (Å²) in [5.41, 5.74) is -0.612. The molecule has 0 spiro atoms. The van der Waals surface area contributed by atoms with Crippen LogP contribution in [0.4, 0.5) is 4.79 Å². The molecule has 192 valence electrons. The van der Waals surface area contributed by atoms with Crippen LogP contribution in [-0.4, -0.2) is 29.9 Å². The van der Waals surface area contributed by atoms with E-state index < -0.39 is 38.2 Å². The van der Waals surface area contributed by atoms with Crippen LogP contribution >= 0.6 is 62.4 Å². The fraction of sp³-hybridized carbons (Fsp3) is 0.217. The third-order valence-electron chi connectivity index (χ3n) is 4.57. The molecule has 1 amide bonds. The van der Waals surface area contributed by atoms with E-state index in [9.17, 15) is 19.0 Å². The van der Waals surface area contributed by atoms with E-state index in [2.05, 4.69) is 37.2 Å². The van der Waals surface area contributed by atoms with Gasteiger partial charge >= 0.3 is 13.8 Å². The number of ether oxygens (including phenoxy) is 2. The molecule has 2 aromatic carbocycles. The summed E-state index contributed by atoms with van der Waals surface area (Å²) in [6.45, 7) is 2.35. The average molecular weight is 682 g/mol. The van der Waals surface area contributed by atoms with Crippen molar-refractivity contribution in [2.45, 2.75) is 25.6 Å². The number of hydrogen-bond donors (Lipinski definition) is 2. The molecule has 0 aliphatic carbocycles. The SMILES string of the molecule is CC(C)OC(=O)OCOP(=O)(O)C(C(=O)N/C=C/c1cc(Br)cc(Br)c1)c1csc2ccc(Cl)cc12. The lowest BCUT2D eigenvalue weighted by atomic mass is 10.1. The highest BCUT2D eigenvalue weighted by Crippen LogP contribution is 2.58. The highest BCUT2D eigenvalue weighted by molar-refractivity contribution is 9.11. The molecule has 36 heavy (non-hydrogen) atoms. The van der Waals surface area contributed by atoms with Crippen LogP contribution in [0.2, 0.25) is 5.02 Å². The first-order valence-electron chi connectivity index (χ1n) is 10.4. The second-order valence-corrected chi connectivity index (χ2v) is 12.7. The van der Waals surface area contributed by atoms with E-state index in [0.717, 1.165) is 19.2 Å². The third kappa shape index (κ3) is 7.89. The van der Waals surface area contributed by atoms with Gasteiger partial charge in [0.1, 0.15) is 0 Å². The van der Waals surface area contributed by atoms with Gasteiger partial charge in [-0.2, -0.15) is 0 Å². The number of nitrogens with one attached hydrogen (secondary N) is 1. The van der Waals surface area contributed by atoms with Crippen molar-refractivity contribution < 1.29 is 33.0 Å². The van der Waals surface area contributed by atoms with Gasteiger partial charge in [-0.3, -0.25) is 13.9 Å². The summed E-state index contributed by atoms with van der Waals surface area (Å²) < 4.78 is 30.2. The molecule has 0 radical (unpaired) electrons. The van der Waals surface area contributed by atoms with Crippen LogP contribution in [-0.2, 0) is 23.4 Å². The zero-order valence-corrected chi connectivity index (χ0v) is 24.6. The van der Waals surface area contributed by atoms with Gasteiger partial charge in [-0.1, -0.05) is 43.5 Å². The van der Waals surface area contributed by atoms with Gasteiger partial charge < -0.3 is 19.7 Å². The Hall–Kier alpha value is -1.72. The summed E-state index contributed by atoms with van der Waals surface area (Å²) in [6.07, 6.45) is 1.47. The van der Waals surface area contributed by atoms with Gasteiger partial charge in [0.15, 0.2) is 5.66 Å². The predicted molar refractivity (Wildman–Crippen MR) is 147 cm³/mol. The Bertz CT molecular complexity index is 1330. The molecule has 1 aromatic heterocycles. The first kappa shape index (κ1) is 28.8. The minimum Gasteiger partial charge on any atom is -0.432 e. The van der Waals surface area contributed by atoms with Crippen molar-refractivity contribution in [3.63, 3.8) is 0 Å². The predicted octanol–water partition coefficient (Wildman–Crippen LogP) is 7.63. The molecule has 0 bridgehead atoms. The summed E-state index contributed by atoms with van der Waals surface area (Å²) >= 11 is 14.2. The van der Waals surface area contributed by atoms with E-state index in [1.807, 2.05) is 18.2 Å². The minimum atomic E-state index is -4.72. The largest absolute Gasteiger partial charge is 0.510 e. The lowest BCUT2D eigenvalue weighted by Gasteiger charge is -2.21. The maximum absolute atomic E-state index is 13.3. The van der Waals surface area contributed by atoms with E-state index in [-0.39, 0.29) is 5.56 Å². The van der Waals surface area contributed by atoms with Crippen molar-refractivity contribution in [3.8, 4) is 0 Å². The lowest BCUT2D eigenvalue weighted by Crippen LogP contribution is -2.26. The fourth-order valence-electron chi connectivity index (χ4n) is 3.12. The lowest BCUT2D eigenvalue weighted by molar-refractivity contribution is -0.120. The zero-order valence-electron chi connectivity index (χ0n) is 18.9. The Balaban J connectivity index is 1.87. The van der Waals surface area contributed by atoms with Crippen molar-refractivity contribution in [2.24, 2.45) is 0 Å². The number of hydrogen-bond acceptors (Lipinski definition) is 7. The van der Waals surface area contributed by atoms with E-state index in [0.29, 0.717) is 10.4 Å². The number of amides is 1. The van der Waals surface area contributed by atoms with Crippen molar-refractivity contribution >= 4 is 90.6 Å². The van der Waals surface area contributed by atoms with Crippen molar-refractivity contribution in [3.05, 3.63) is 73.1 Å². The average Bonchev–Trinajstić information content (AvgIpc) is 3.14. The van der Waals surface area contributed by atoms with Crippen LogP contribution in [0.25, 0.3) is 16.2 Å². The number of benzene rings is 2. The van der Waals surface area contributed by atoms with Crippen LogP contribution in [0.15, 0.2) is 56.9 Å². The first-order valence-corrected chi connectivity index (χ1v) is 14.9. The molecular formula is C23H21Br2ClNO7PS. The van der Waals surface area contributed by atoms with Gasteiger partial charge in [0.2, 0.25) is 12.7 Å². The molecule has 2 N–H and O–H groups in total.